The van der Waals surface area contributed by atoms with Crippen LogP contribution in [0.5, 0.6) is 5.75 Å². The molecule has 8 nitrogen and oxygen atoms in total. The van der Waals surface area contributed by atoms with Gasteiger partial charge in [-0.05, 0) is 36.4 Å². The summed E-state index contributed by atoms with van der Waals surface area (Å²) in [5.41, 5.74) is 0.315. The summed E-state index contributed by atoms with van der Waals surface area (Å²) in [5.74, 6) is -2.99. The number of primary amides is 1. The number of nitrogens with zero attached hydrogens (tertiary/aromatic N) is 3. The fraction of sp³-hybridized carbons (Fsp3) is 0.286. The fourth-order valence-electron chi connectivity index (χ4n) is 3.36. The Hall–Kier alpha value is -4.04. The number of rotatable bonds is 5. The summed E-state index contributed by atoms with van der Waals surface area (Å²) in [6.45, 7) is -1.31. The Morgan fingerprint density at radius 2 is 1.64 bits per heavy atom. The molecule has 0 spiro atoms. The van der Waals surface area contributed by atoms with E-state index in [0.717, 1.165) is 36.2 Å². The first-order valence-electron chi connectivity index (χ1n) is 9.98. The third kappa shape index (κ3) is 5.60. The van der Waals surface area contributed by atoms with Crippen LogP contribution in [0.1, 0.15) is 11.1 Å². The molecular weight excluding hydrogens is 505 g/mol. The van der Waals surface area contributed by atoms with Crippen molar-refractivity contribution >= 4 is 29.4 Å². The van der Waals surface area contributed by atoms with Gasteiger partial charge in [0, 0.05) is 25.8 Å². The van der Waals surface area contributed by atoms with Gasteiger partial charge in [-0.2, -0.15) is 26.3 Å². The molecule has 0 unspecified atom stereocenters. The summed E-state index contributed by atoms with van der Waals surface area (Å²) in [6, 6.07) is 3.01. The lowest BCUT2D eigenvalue weighted by molar-refractivity contribution is -0.143. The number of benzene rings is 2. The van der Waals surface area contributed by atoms with E-state index < -0.39 is 71.9 Å². The molecule has 0 radical (unpaired) electrons. The van der Waals surface area contributed by atoms with Crippen LogP contribution in [0.2, 0.25) is 0 Å². The largest absolute Gasteiger partial charge is 0.420 e. The molecule has 0 bridgehead atoms. The number of hydrogen-bond acceptors (Lipinski definition) is 4. The van der Waals surface area contributed by atoms with Crippen molar-refractivity contribution in [2.75, 3.05) is 36.5 Å². The maximum absolute atomic E-state index is 13.9. The second-order valence-corrected chi connectivity index (χ2v) is 7.59. The van der Waals surface area contributed by atoms with Gasteiger partial charge in [0.1, 0.15) is 17.9 Å². The van der Waals surface area contributed by atoms with Gasteiger partial charge in [-0.25, -0.2) is 14.0 Å². The second-order valence-electron chi connectivity index (χ2n) is 7.59. The number of ether oxygens (including phenoxy) is 1. The Kier molecular flexibility index (Phi) is 7.04. The number of nitrogens with two attached hydrogens (primary N) is 1. The molecule has 15 heteroatoms. The summed E-state index contributed by atoms with van der Waals surface area (Å²) in [5, 5.41) is 0. The van der Waals surface area contributed by atoms with Gasteiger partial charge in [0.05, 0.1) is 11.3 Å². The second kappa shape index (κ2) is 9.54. The van der Waals surface area contributed by atoms with Crippen molar-refractivity contribution in [1.29, 1.82) is 0 Å². The van der Waals surface area contributed by atoms with E-state index >= 15 is 0 Å². The summed E-state index contributed by atoms with van der Waals surface area (Å²) in [7, 11) is 1.07. The van der Waals surface area contributed by atoms with Crippen LogP contribution >= 0.6 is 0 Å². The van der Waals surface area contributed by atoms with Gasteiger partial charge >= 0.3 is 24.5 Å². The first-order chi connectivity index (χ1) is 16.6. The summed E-state index contributed by atoms with van der Waals surface area (Å²) >= 11 is 0. The number of halogens is 7. The quantitative estimate of drug-likeness (QED) is 0.595. The van der Waals surface area contributed by atoms with E-state index in [1.807, 2.05) is 0 Å². The van der Waals surface area contributed by atoms with Crippen molar-refractivity contribution in [1.82, 2.24) is 4.90 Å². The van der Waals surface area contributed by atoms with Gasteiger partial charge in [-0.3, -0.25) is 14.6 Å². The minimum absolute atomic E-state index is 0.00620. The van der Waals surface area contributed by atoms with E-state index in [2.05, 4.69) is 0 Å². The Labute approximate surface area is 198 Å². The minimum Gasteiger partial charge on any atom is -0.407 e. The molecule has 2 aromatic carbocycles. The molecule has 2 N–H and O–H groups in total. The molecule has 36 heavy (non-hydrogen) atoms. The summed E-state index contributed by atoms with van der Waals surface area (Å²) in [6.07, 6.45) is -12.2. The van der Waals surface area contributed by atoms with Gasteiger partial charge in [0.2, 0.25) is 5.91 Å². The van der Waals surface area contributed by atoms with Crippen LogP contribution in [0.3, 0.4) is 0 Å². The average molecular weight is 522 g/mol. The Balaban J connectivity index is 2.13. The highest BCUT2D eigenvalue weighted by Gasteiger charge is 2.44. The zero-order valence-electron chi connectivity index (χ0n) is 18.3. The number of anilines is 2. The fourth-order valence-corrected chi connectivity index (χ4v) is 3.36. The number of hydrogen-bond donors (Lipinski definition) is 1. The lowest BCUT2D eigenvalue weighted by Crippen LogP contribution is -2.38. The predicted molar refractivity (Wildman–Crippen MR) is 111 cm³/mol. The van der Waals surface area contributed by atoms with Crippen molar-refractivity contribution in [2.24, 2.45) is 5.73 Å². The summed E-state index contributed by atoms with van der Waals surface area (Å²) in [4.78, 5) is 38.5. The smallest absolute Gasteiger partial charge is 0.407 e. The van der Waals surface area contributed by atoms with Crippen LogP contribution in [-0.2, 0) is 17.1 Å². The van der Waals surface area contributed by atoms with E-state index in [0.29, 0.717) is 9.80 Å². The van der Waals surface area contributed by atoms with Crippen molar-refractivity contribution in [2.45, 2.75) is 12.4 Å². The molecular formula is C21H17F7N4O4. The molecule has 3 rings (SSSR count). The molecule has 0 saturated carbocycles. The maximum Gasteiger partial charge on any atom is 0.420 e. The van der Waals surface area contributed by atoms with Crippen LogP contribution in [0.25, 0.3) is 0 Å². The first-order valence-corrected chi connectivity index (χ1v) is 9.98. The number of carbonyl (C=O) groups excluding carboxylic acids is 3. The van der Waals surface area contributed by atoms with Crippen LogP contribution < -0.4 is 20.3 Å². The lowest BCUT2D eigenvalue weighted by Gasteiger charge is -2.26. The molecule has 1 aliphatic heterocycles. The van der Waals surface area contributed by atoms with Crippen LogP contribution in [0.15, 0.2) is 36.4 Å². The van der Waals surface area contributed by atoms with Crippen molar-refractivity contribution in [3.05, 3.63) is 53.3 Å². The molecule has 1 fully saturated rings. The molecule has 194 valence electrons. The van der Waals surface area contributed by atoms with Gasteiger partial charge in [0.25, 0.3) is 0 Å². The highest BCUT2D eigenvalue weighted by atomic mass is 19.4. The van der Waals surface area contributed by atoms with Gasteiger partial charge in [-0.1, -0.05) is 0 Å². The summed E-state index contributed by atoms with van der Waals surface area (Å²) < 4.78 is 100. The highest BCUT2D eigenvalue weighted by Crippen LogP contribution is 2.46. The van der Waals surface area contributed by atoms with Crippen molar-refractivity contribution in [3.63, 3.8) is 0 Å². The zero-order valence-corrected chi connectivity index (χ0v) is 18.3. The number of urea groups is 1. The molecule has 1 aliphatic rings. The third-order valence-electron chi connectivity index (χ3n) is 5.11. The molecule has 1 heterocycles. The Morgan fingerprint density at radius 3 is 2.17 bits per heavy atom. The van der Waals surface area contributed by atoms with Gasteiger partial charge < -0.3 is 15.4 Å². The van der Waals surface area contributed by atoms with Crippen LogP contribution in [0.4, 0.5) is 51.7 Å². The number of alkyl halides is 6. The molecule has 0 atom stereocenters. The van der Waals surface area contributed by atoms with Gasteiger partial charge in [0.15, 0.2) is 5.75 Å². The number of carbonyl (C=O) groups is 3. The van der Waals surface area contributed by atoms with E-state index in [4.69, 9.17) is 10.5 Å². The van der Waals surface area contributed by atoms with E-state index in [1.165, 1.54) is 0 Å². The molecule has 0 aromatic heterocycles. The Bertz CT molecular complexity index is 1180. The highest BCUT2D eigenvalue weighted by molar-refractivity contribution is 5.99. The van der Waals surface area contributed by atoms with E-state index in [-0.39, 0.29) is 24.4 Å². The van der Waals surface area contributed by atoms with E-state index in [1.54, 1.807) is 0 Å². The standard InChI is InChI=1S/C21H17F7N4O4/c1-30(13-4-2-12(22)3-5-13)19(35)36-17-14(21(26,27)28)8-11(20(23,24)25)9-15(17)32-7-6-31(18(32)34)10-16(29)33/h2-5,8-9H,6-7,10H2,1H3,(H2,29,33). The van der Waals surface area contributed by atoms with Crippen molar-refractivity contribution in [3.8, 4) is 5.75 Å². The minimum atomic E-state index is -5.43. The normalized spacial score (nSPS) is 14.3. The number of amides is 4. The molecule has 2 aromatic rings. The maximum atomic E-state index is 13.9. The lowest BCUT2D eigenvalue weighted by atomic mass is 10.1. The molecule has 4 amide bonds. The Morgan fingerprint density at radius 1 is 1.03 bits per heavy atom. The monoisotopic (exact) mass is 522 g/mol. The van der Waals surface area contributed by atoms with Gasteiger partial charge in [-0.15, -0.1) is 0 Å². The van der Waals surface area contributed by atoms with Crippen LogP contribution in [0, 0.1) is 5.82 Å². The first kappa shape index (κ1) is 26.6. The molecule has 1 saturated heterocycles. The zero-order chi connectivity index (χ0) is 27.0. The third-order valence-corrected chi connectivity index (χ3v) is 5.11. The SMILES string of the molecule is CN(C(=O)Oc1c(N2CCN(CC(N)=O)C2=O)cc(C(F)(F)F)cc1C(F)(F)F)c1ccc(F)cc1. The topological polar surface area (TPSA) is 96.2 Å². The molecule has 0 aliphatic carbocycles. The predicted octanol–water partition coefficient (Wildman–Crippen LogP) is 4.23. The average Bonchev–Trinajstić information content (AvgIpc) is 3.11. The van der Waals surface area contributed by atoms with Crippen molar-refractivity contribution < 1.29 is 49.9 Å². The van der Waals surface area contributed by atoms with E-state index in [9.17, 15) is 45.1 Å². The van der Waals surface area contributed by atoms with Crippen LogP contribution in [-0.4, -0.2) is 49.6 Å².